The minimum absolute atomic E-state index is 3.14. The van der Waals surface area contributed by atoms with Gasteiger partial charge in [-0.2, -0.15) is 17.7 Å². The fraction of sp³-hybridized carbons (Fsp3) is 1.00. The van der Waals surface area contributed by atoms with Crippen molar-refractivity contribution in [2.75, 3.05) is 0 Å². The lowest BCUT2D eigenvalue weighted by atomic mass is 11.3. The summed E-state index contributed by atoms with van der Waals surface area (Å²) < 4.78 is 68.2. The lowest BCUT2D eigenvalue weighted by Gasteiger charge is -2.31. The van der Waals surface area contributed by atoms with Gasteiger partial charge in [0.05, 0.1) is 0 Å². The maximum Gasteiger partial charge on any atom is 0.503 e. The van der Waals surface area contributed by atoms with E-state index >= 15 is 0 Å². The van der Waals surface area contributed by atoms with Crippen LogP contribution < -0.4 is 0 Å². The first-order chi connectivity index (χ1) is 6.83. The lowest BCUT2D eigenvalue weighted by Crippen LogP contribution is -2.33. The first kappa shape index (κ1) is 14.3. The van der Waals surface area contributed by atoms with E-state index in [0.29, 0.717) is 0 Å². The summed E-state index contributed by atoms with van der Waals surface area (Å²) in [5.74, 6) is 0. The highest BCUT2D eigenvalue weighted by atomic mass is 31.3. The van der Waals surface area contributed by atoms with Crippen LogP contribution in [0.1, 0.15) is 0 Å². The zero-order chi connectivity index (χ0) is 12.8. The van der Waals surface area contributed by atoms with E-state index in [1.54, 1.807) is 0 Å². The first-order valence-electron chi connectivity index (χ1n) is 3.03. The molecule has 0 aromatic carbocycles. The van der Waals surface area contributed by atoms with E-state index in [2.05, 4.69) is 17.7 Å². The van der Waals surface area contributed by atoms with E-state index in [-0.39, 0.29) is 0 Å². The van der Waals surface area contributed by atoms with Crippen LogP contribution in [0.2, 0.25) is 0 Å². The molecule has 10 nitrogen and oxygen atoms in total. The van der Waals surface area contributed by atoms with E-state index < -0.39 is 29.8 Å². The summed E-state index contributed by atoms with van der Waals surface area (Å²) >= 11 is 0. The molecule has 16 heavy (non-hydrogen) atoms. The van der Waals surface area contributed by atoms with Gasteiger partial charge in [0.25, 0.3) is 0 Å². The molecule has 1 heterocycles. The molecule has 0 spiro atoms. The molecule has 1 aliphatic heterocycles. The highest BCUT2D eigenvalue weighted by Crippen LogP contribution is 2.75. The normalized spacial score (nSPS) is 26.8. The van der Waals surface area contributed by atoms with Crippen molar-refractivity contribution in [1.29, 1.82) is 0 Å². The molecule has 1 fully saturated rings. The molecule has 1 unspecified atom stereocenters. The Labute approximate surface area is 85.6 Å². The molecule has 1 rings (SSSR count). The van der Waals surface area contributed by atoms with Crippen LogP contribution in [0.5, 0.6) is 0 Å². The summed E-state index contributed by atoms with van der Waals surface area (Å²) in [5.41, 5.74) is 0. The Balaban J connectivity index is 2.65. The van der Waals surface area contributed by atoms with Gasteiger partial charge in [0.15, 0.2) is 0 Å². The van der Waals surface area contributed by atoms with Crippen molar-refractivity contribution in [2.24, 2.45) is 0 Å². The second kappa shape index (κ2) is 3.89. The van der Waals surface area contributed by atoms with Gasteiger partial charge in [-0.25, -0.2) is 13.7 Å². The molecule has 0 saturated carbocycles. The van der Waals surface area contributed by atoms with Crippen molar-refractivity contribution < 1.29 is 54.8 Å². The molecule has 0 aliphatic carbocycles. The monoisotopic (exact) mass is 306 g/mol. The topological polar surface area (TPSA) is 149 Å². The summed E-state index contributed by atoms with van der Waals surface area (Å²) in [6, 6.07) is 0. The van der Waals surface area contributed by atoms with Gasteiger partial charge in [-0.1, -0.05) is 0 Å². The highest BCUT2D eigenvalue weighted by molar-refractivity contribution is 7.67. The van der Waals surface area contributed by atoms with Gasteiger partial charge in [-0.3, -0.25) is 0 Å². The average Bonchev–Trinajstić information content (AvgIpc) is 1.69. The van der Waals surface area contributed by atoms with Crippen LogP contribution in [0, 0.1) is 0 Å². The maximum absolute atomic E-state index is 11.9. The average molecular weight is 306 g/mol. The fourth-order valence-electron chi connectivity index (χ4n) is 0.576. The number of phosphoric ester groups is 1. The van der Waals surface area contributed by atoms with E-state index in [4.69, 9.17) is 14.7 Å². The molecule has 0 aromatic rings. The number of hydrogen-bond acceptors (Lipinski definition) is 7. The fourth-order valence-corrected chi connectivity index (χ4v) is 3.85. The minimum atomic E-state index is -5.57. The molecule has 1 saturated heterocycles. The number of hydrogen-bond donors (Lipinski definition) is 3. The molecule has 96 valence electrons. The minimum Gasteiger partial charge on any atom is -0.302 e. The molecule has 15 heteroatoms. The summed E-state index contributed by atoms with van der Waals surface area (Å²) in [4.78, 5) is 24.8. The third-order valence-corrected chi connectivity index (χ3v) is 5.02. The van der Waals surface area contributed by atoms with Crippen LogP contribution in [-0.2, 0) is 31.4 Å². The summed E-state index contributed by atoms with van der Waals surface area (Å²) in [5, 5.41) is 0. The van der Waals surface area contributed by atoms with Gasteiger partial charge in [-0.05, 0) is 0 Å². The largest absolute Gasteiger partial charge is 0.503 e. The van der Waals surface area contributed by atoms with Crippen LogP contribution >= 0.6 is 23.5 Å². The molecule has 1 atom stereocenters. The predicted molar refractivity (Wildman–Crippen MR) is 38.8 cm³/mol. The standard InChI is InChI=1S/CH3F2O10P3/c2-1(3)10-16(9,11-1)13-15(7,8)12-14(4,5)6/h(H,7,8)(H2,4,5,6). The lowest BCUT2D eigenvalue weighted by molar-refractivity contribution is -0.377. The Morgan fingerprint density at radius 2 is 1.62 bits per heavy atom. The van der Waals surface area contributed by atoms with Crippen molar-refractivity contribution in [3.8, 4) is 0 Å². The van der Waals surface area contributed by atoms with E-state index in [9.17, 15) is 22.5 Å². The van der Waals surface area contributed by atoms with Crippen molar-refractivity contribution in [2.45, 2.75) is 6.29 Å². The summed E-state index contributed by atoms with van der Waals surface area (Å²) in [6.45, 7) is 0. The van der Waals surface area contributed by atoms with Gasteiger partial charge in [0, 0.05) is 0 Å². The van der Waals surface area contributed by atoms with Crippen LogP contribution in [0.15, 0.2) is 0 Å². The highest BCUT2D eigenvalue weighted by Gasteiger charge is 2.63. The molecular formula is CH3F2O10P3. The van der Waals surface area contributed by atoms with E-state index in [1.165, 1.54) is 0 Å². The Hall–Kier alpha value is 0.270. The van der Waals surface area contributed by atoms with Crippen molar-refractivity contribution >= 4 is 23.5 Å². The molecule has 0 aromatic heterocycles. The number of rotatable bonds is 4. The Bertz CT molecular complexity index is 410. The van der Waals surface area contributed by atoms with Crippen LogP contribution in [0.25, 0.3) is 0 Å². The summed E-state index contributed by atoms with van der Waals surface area (Å²) in [7, 11) is -16.1. The zero-order valence-electron chi connectivity index (χ0n) is 6.80. The van der Waals surface area contributed by atoms with Crippen molar-refractivity contribution in [3.63, 3.8) is 0 Å². The number of phosphoric acid groups is 3. The third kappa shape index (κ3) is 4.27. The van der Waals surface area contributed by atoms with Crippen LogP contribution in [0.3, 0.4) is 0 Å². The Morgan fingerprint density at radius 3 is 1.94 bits per heavy atom. The van der Waals surface area contributed by atoms with E-state index in [0.717, 1.165) is 0 Å². The molecule has 0 radical (unpaired) electrons. The van der Waals surface area contributed by atoms with Crippen molar-refractivity contribution in [3.05, 3.63) is 0 Å². The molecule has 1 aliphatic rings. The third-order valence-electron chi connectivity index (χ3n) is 0.849. The van der Waals surface area contributed by atoms with Gasteiger partial charge < -0.3 is 14.7 Å². The number of halogens is 2. The molecule has 3 N–H and O–H groups in total. The molecular weight excluding hydrogens is 303 g/mol. The molecule has 0 amide bonds. The quantitative estimate of drug-likeness (QED) is 0.640. The Kier molecular flexibility index (Phi) is 3.49. The van der Waals surface area contributed by atoms with Crippen LogP contribution in [0.4, 0.5) is 8.78 Å². The Morgan fingerprint density at radius 1 is 1.19 bits per heavy atom. The SMILES string of the molecule is O=P(O)(O)OP(=O)(O)OP1(=O)OC(F)(F)O1. The summed E-state index contributed by atoms with van der Waals surface area (Å²) in [6.07, 6.45) is -4.27. The zero-order valence-corrected chi connectivity index (χ0v) is 9.48. The maximum atomic E-state index is 11.9. The van der Waals surface area contributed by atoms with E-state index in [1.807, 2.05) is 0 Å². The van der Waals surface area contributed by atoms with Gasteiger partial charge >= 0.3 is 29.8 Å². The van der Waals surface area contributed by atoms with Gasteiger partial charge in [0.1, 0.15) is 0 Å². The predicted octanol–water partition coefficient (Wildman–Crippen LogP) is 0.918. The van der Waals surface area contributed by atoms with Gasteiger partial charge in [-0.15, -0.1) is 8.78 Å². The molecule has 0 bridgehead atoms. The smallest absolute Gasteiger partial charge is 0.302 e. The van der Waals surface area contributed by atoms with Crippen molar-refractivity contribution in [1.82, 2.24) is 0 Å². The second-order valence-corrected chi connectivity index (χ2v) is 6.70. The first-order valence-corrected chi connectivity index (χ1v) is 7.52. The van der Waals surface area contributed by atoms with Crippen LogP contribution in [-0.4, -0.2) is 21.0 Å². The van der Waals surface area contributed by atoms with Gasteiger partial charge in [0.2, 0.25) is 0 Å². The second-order valence-electron chi connectivity index (χ2n) is 2.22. The number of alkyl halides is 2.